The largest absolute Gasteiger partial charge is 0.392 e. The van der Waals surface area contributed by atoms with Crippen LogP contribution < -0.4 is 0 Å². The first-order chi connectivity index (χ1) is 7.72. The zero-order chi connectivity index (χ0) is 13.2. The van der Waals surface area contributed by atoms with Gasteiger partial charge in [-0.25, -0.2) is 8.78 Å². The molecule has 0 aromatic heterocycles. The van der Waals surface area contributed by atoms with Crippen molar-refractivity contribution in [2.45, 2.75) is 30.9 Å². The summed E-state index contributed by atoms with van der Waals surface area (Å²) in [6.07, 6.45) is -4.04. The predicted molar refractivity (Wildman–Crippen MR) is 55.5 cm³/mol. The molecule has 17 heavy (non-hydrogen) atoms. The van der Waals surface area contributed by atoms with E-state index in [9.17, 15) is 22.7 Å². The molecule has 1 N–H and O–H groups in total. The van der Waals surface area contributed by atoms with Crippen LogP contribution in [0.1, 0.15) is 6.42 Å². The molecule has 2 unspecified atom stereocenters. The Morgan fingerprint density at radius 2 is 2.00 bits per heavy atom. The molecule has 3 nitrogen and oxygen atoms in total. The number of rotatable bonds is 5. The second-order valence-electron chi connectivity index (χ2n) is 4.80. The van der Waals surface area contributed by atoms with Crippen LogP contribution in [-0.4, -0.2) is 73.1 Å². The third-order valence-electron chi connectivity index (χ3n) is 2.81. The van der Waals surface area contributed by atoms with Gasteiger partial charge >= 0.3 is 12.3 Å². The number of nitrogens with zero attached hydrogens (tertiary/aromatic N) is 2. The molecular formula is C10H18F4N2O. The number of aliphatic hydroxyl groups is 1. The van der Waals surface area contributed by atoms with Gasteiger partial charge in [0.25, 0.3) is 0 Å². The van der Waals surface area contributed by atoms with E-state index in [4.69, 9.17) is 0 Å². The van der Waals surface area contributed by atoms with E-state index in [2.05, 4.69) is 0 Å². The highest BCUT2D eigenvalue weighted by Crippen LogP contribution is 2.28. The van der Waals surface area contributed by atoms with Gasteiger partial charge in [0.2, 0.25) is 0 Å². The maximum absolute atomic E-state index is 12.9. The molecule has 2 atom stereocenters. The molecule has 0 radical (unpaired) electrons. The summed E-state index contributed by atoms with van der Waals surface area (Å²) in [5.74, 6) is -4.02. The van der Waals surface area contributed by atoms with Crippen LogP contribution in [0.3, 0.4) is 0 Å². The first-order valence-electron chi connectivity index (χ1n) is 5.45. The molecule has 0 spiro atoms. The lowest BCUT2D eigenvalue weighted by Gasteiger charge is -2.29. The Labute approximate surface area is 98.0 Å². The quantitative estimate of drug-likeness (QED) is 0.742. The average molecular weight is 258 g/mol. The molecular weight excluding hydrogens is 240 g/mol. The van der Waals surface area contributed by atoms with Gasteiger partial charge in [-0.2, -0.15) is 8.78 Å². The van der Waals surface area contributed by atoms with Crippen LogP contribution >= 0.6 is 0 Å². The minimum atomic E-state index is -4.02. The van der Waals surface area contributed by atoms with E-state index in [0.29, 0.717) is 13.0 Å². The number of β-amino-alcohol motifs (C(OH)–C–C–N with tert-alkyl or cyclic N) is 1. The fourth-order valence-corrected chi connectivity index (χ4v) is 2.10. The summed E-state index contributed by atoms with van der Waals surface area (Å²) in [6.45, 7) is -0.503. The molecule has 0 bridgehead atoms. The van der Waals surface area contributed by atoms with Gasteiger partial charge in [-0.1, -0.05) is 0 Å². The Morgan fingerprint density at radius 3 is 2.47 bits per heavy atom. The number of hydrogen-bond acceptors (Lipinski definition) is 3. The van der Waals surface area contributed by atoms with Crippen molar-refractivity contribution in [1.82, 2.24) is 9.80 Å². The summed E-state index contributed by atoms with van der Waals surface area (Å²) in [6, 6.07) is -0.301. The topological polar surface area (TPSA) is 26.7 Å². The van der Waals surface area contributed by atoms with Crippen LogP contribution in [0.4, 0.5) is 17.6 Å². The van der Waals surface area contributed by atoms with Crippen molar-refractivity contribution in [3.05, 3.63) is 0 Å². The second kappa shape index (κ2) is 5.49. The van der Waals surface area contributed by atoms with Crippen molar-refractivity contribution in [2.75, 3.05) is 33.7 Å². The molecule has 7 heteroatoms. The van der Waals surface area contributed by atoms with E-state index in [1.54, 1.807) is 19.0 Å². The van der Waals surface area contributed by atoms with Gasteiger partial charge < -0.3 is 10.0 Å². The van der Waals surface area contributed by atoms with E-state index < -0.39 is 25.0 Å². The van der Waals surface area contributed by atoms with E-state index in [1.165, 1.54) is 4.90 Å². The summed E-state index contributed by atoms with van der Waals surface area (Å²) in [5.41, 5.74) is 0. The van der Waals surface area contributed by atoms with Crippen LogP contribution in [0.2, 0.25) is 0 Å². The van der Waals surface area contributed by atoms with E-state index in [-0.39, 0.29) is 12.6 Å². The minimum absolute atomic E-state index is 0.0286. The van der Waals surface area contributed by atoms with E-state index >= 15 is 0 Å². The van der Waals surface area contributed by atoms with Gasteiger partial charge in [0.15, 0.2) is 0 Å². The molecule has 1 heterocycles. The van der Waals surface area contributed by atoms with E-state index in [0.717, 1.165) is 0 Å². The van der Waals surface area contributed by atoms with Crippen molar-refractivity contribution in [3.8, 4) is 0 Å². The lowest BCUT2D eigenvalue weighted by molar-refractivity contribution is -0.144. The van der Waals surface area contributed by atoms with Crippen LogP contribution in [-0.2, 0) is 0 Å². The molecule has 0 aromatic rings. The standard InChI is InChI=1S/C10H18F4N2O/c1-15(2)4-7-3-8(17)5-16(7)6-10(13,14)9(11)12/h7-9,17H,3-6H2,1-2H3. The Balaban J connectivity index is 2.61. The summed E-state index contributed by atoms with van der Waals surface area (Å²) in [5, 5.41) is 9.43. The number of likely N-dealkylation sites (N-methyl/N-ethyl adjacent to an activating group) is 1. The highest BCUT2D eigenvalue weighted by Gasteiger charge is 2.45. The predicted octanol–water partition coefficient (Wildman–Crippen LogP) is 0.884. The molecule has 1 aliphatic heterocycles. The first kappa shape index (κ1) is 14.7. The van der Waals surface area contributed by atoms with Crippen molar-refractivity contribution >= 4 is 0 Å². The molecule has 0 saturated carbocycles. The maximum Gasteiger partial charge on any atom is 0.319 e. The van der Waals surface area contributed by atoms with Gasteiger partial charge in [0, 0.05) is 19.1 Å². The summed E-state index contributed by atoms with van der Waals surface area (Å²) in [4.78, 5) is 3.03. The SMILES string of the molecule is CN(C)CC1CC(O)CN1CC(F)(F)C(F)F. The number of likely N-dealkylation sites (tertiary alicyclic amines) is 1. The first-order valence-corrected chi connectivity index (χ1v) is 5.45. The van der Waals surface area contributed by atoms with Crippen LogP contribution in [0.15, 0.2) is 0 Å². The Morgan fingerprint density at radius 1 is 1.41 bits per heavy atom. The minimum Gasteiger partial charge on any atom is -0.392 e. The Kier molecular flexibility index (Phi) is 4.74. The zero-order valence-corrected chi connectivity index (χ0v) is 9.91. The lowest BCUT2D eigenvalue weighted by atomic mass is 10.2. The van der Waals surface area contributed by atoms with Crippen LogP contribution in [0.5, 0.6) is 0 Å². The Bertz CT molecular complexity index is 250. The molecule has 102 valence electrons. The van der Waals surface area contributed by atoms with E-state index in [1.807, 2.05) is 0 Å². The smallest absolute Gasteiger partial charge is 0.319 e. The lowest BCUT2D eigenvalue weighted by Crippen LogP contribution is -2.46. The number of halogens is 4. The molecule has 0 aliphatic carbocycles. The van der Waals surface area contributed by atoms with Crippen molar-refractivity contribution < 1.29 is 22.7 Å². The molecule has 0 aromatic carbocycles. The second-order valence-corrected chi connectivity index (χ2v) is 4.80. The summed E-state index contributed by atoms with van der Waals surface area (Å²) < 4.78 is 50.1. The number of hydrogen-bond donors (Lipinski definition) is 1. The molecule has 1 aliphatic rings. The fraction of sp³-hybridized carbons (Fsp3) is 1.00. The molecule has 1 fully saturated rings. The number of alkyl halides is 4. The summed E-state index contributed by atoms with van der Waals surface area (Å²) >= 11 is 0. The molecule has 1 rings (SSSR count). The van der Waals surface area contributed by atoms with Gasteiger partial charge in [0.1, 0.15) is 0 Å². The average Bonchev–Trinajstić information content (AvgIpc) is 2.44. The van der Waals surface area contributed by atoms with Gasteiger partial charge in [-0.3, -0.25) is 4.90 Å². The number of aliphatic hydroxyl groups excluding tert-OH is 1. The van der Waals surface area contributed by atoms with Crippen LogP contribution in [0.25, 0.3) is 0 Å². The highest BCUT2D eigenvalue weighted by molar-refractivity contribution is 4.89. The zero-order valence-electron chi connectivity index (χ0n) is 9.91. The molecule has 1 saturated heterocycles. The normalized spacial score (nSPS) is 27.4. The van der Waals surface area contributed by atoms with Crippen LogP contribution in [0, 0.1) is 0 Å². The van der Waals surface area contributed by atoms with Crippen molar-refractivity contribution in [3.63, 3.8) is 0 Å². The highest BCUT2D eigenvalue weighted by atomic mass is 19.3. The van der Waals surface area contributed by atoms with Gasteiger partial charge in [-0.15, -0.1) is 0 Å². The van der Waals surface area contributed by atoms with Crippen molar-refractivity contribution in [1.29, 1.82) is 0 Å². The molecule has 0 amide bonds. The third kappa shape index (κ3) is 4.08. The van der Waals surface area contributed by atoms with Gasteiger partial charge in [0.05, 0.1) is 12.6 Å². The Hall–Kier alpha value is -0.400. The van der Waals surface area contributed by atoms with Crippen molar-refractivity contribution in [2.24, 2.45) is 0 Å². The maximum atomic E-state index is 12.9. The monoisotopic (exact) mass is 258 g/mol. The summed E-state index contributed by atoms with van der Waals surface area (Å²) in [7, 11) is 3.54. The van der Waals surface area contributed by atoms with Gasteiger partial charge in [-0.05, 0) is 20.5 Å². The third-order valence-corrected chi connectivity index (χ3v) is 2.81. The fourth-order valence-electron chi connectivity index (χ4n) is 2.10.